The van der Waals surface area contributed by atoms with Gasteiger partial charge >= 0.3 is 0 Å². The van der Waals surface area contributed by atoms with Gasteiger partial charge in [0.15, 0.2) is 0 Å². The molecule has 2 aliphatic rings. The summed E-state index contributed by atoms with van der Waals surface area (Å²) in [5.74, 6) is 2.09. The van der Waals surface area contributed by atoms with Crippen LogP contribution in [0, 0.1) is 5.92 Å². The average molecular weight is 269 g/mol. The van der Waals surface area contributed by atoms with Crippen LogP contribution in [0.1, 0.15) is 37.4 Å². The third kappa shape index (κ3) is 2.09. The lowest BCUT2D eigenvalue weighted by Gasteiger charge is -2.32. The third-order valence-corrected chi connectivity index (χ3v) is 4.45. The molecule has 0 spiro atoms. The van der Waals surface area contributed by atoms with Gasteiger partial charge in [-0.25, -0.2) is 4.98 Å². The number of likely N-dealkylation sites (tertiary alicyclic amines) is 1. The van der Waals surface area contributed by atoms with E-state index < -0.39 is 0 Å². The highest BCUT2D eigenvalue weighted by Gasteiger charge is 2.36. The summed E-state index contributed by atoms with van der Waals surface area (Å²) >= 11 is 0. The van der Waals surface area contributed by atoms with Gasteiger partial charge in [-0.1, -0.05) is 12.1 Å². The molecule has 2 fully saturated rings. The monoisotopic (exact) mass is 269 g/mol. The Balaban J connectivity index is 1.56. The number of amides is 1. The molecule has 1 amide bonds. The molecular weight excluding hydrogens is 250 g/mol. The number of para-hydroxylation sites is 2. The number of hydrogen-bond donors (Lipinski definition) is 1. The fourth-order valence-corrected chi connectivity index (χ4v) is 3.15. The molecule has 2 aromatic rings. The van der Waals surface area contributed by atoms with Gasteiger partial charge in [-0.2, -0.15) is 0 Å². The number of carbonyl (C=O) groups is 1. The Morgan fingerprint density at radius 3 is 2.90 bits per heavy atom. The van der Waals surface area contributed by atoms with Crippen molar-refractivity contribution in [2.75, 3.05) is 13.1 Å². The van der Waals surface area contributed by atoms with Gasteiger partial charge in [0.1, 0.15) is 5.82 Å². The molecule has 4 rings (SSSR count). The maximum absolute atomic E-state index is 12.2. The Labute approximate surface area is 118 Å². The normalized spacial score (nSPS) is 23.2. The zero-order chi connectivity index (χ0) is 13.5. The van der Waals surface area contributed by atoms with Gasteiger partial charge in [0, 0.05) is 24.9 Å². The molecule has 1 aromatic heterocycles. The summed E-state index contributed by atoms with van der Waals surface area (Å²) in [5, 5.41) is 0. The molecule has 0 radical (unpaired) electrons. The average Bonchev–Trinajstić information content (AvgIpc) is 3.25. The van der Waals surface area contributed by atoms with E-state index >= 15 is 0 Å². The predicted octanol–water partition coefficient (Wildman–Crippen LogP) is 2.68. The molecule has 1 N–H and O–H groups in total. The lowest BCUT2D eigenvalue weighted by Crippen LogP contribution is -2.40. The zero-order valence-electron chi connectivity index (χ0n) is 11.5. The maximum Gasteiger partial charge on any atom is 0.225 e. The smallest absolute Gasteiger partial charge is 0.225 e. The minimum Gasteiger partial charge on any atom is -0.342 e. The first-order valence-corrected chi connectivity index (χ1v) is 7.55. The fraction of sp³-hybridized carbons (Fsp3) is 0.500. The minimum absolute atomic E-state index is 0.324. The first-order valence-electron chi connectivity index (χ1n) is 7.55. The van der Waals surface area contributed by atoms with Crippen LogP contribution in [0.4, 0.5) is 0 Å². The molecule has 104 valence electrons. The molecule has 4 nitrogen and oxygen atoms in total. The number of carbonyl (C=O) groups excluding carboxylic acids is 1. The van der Waals surface area contributed by atoms with Crippen molar-refractivity contribution in [1.82, 2.24) is 14.9 Å². The van der Waals surface area contributed by atoms with Crippen molar-refractivity contribution in [2.45, 2.75) is 31.6 Å². The van der Waals surface area contributed by atoms with E-state index in [1.54, 1.807) is 0 Å². The Bertz CT molecular complexity index is 611. The Morgan fingerprint density at radius 1 is 1.25 bits per heavy atom. The first kappa shape index (κ1) is 11.9. The fourth-order valence-electron chi connectivity index (χ4n) is 3.15. The van der Waals surface area contributed by atoms with Gasteiger partial charge in [-0.15, -0.1) is 0 Å². The minimum atomic E-state index is 0.324. The van der Waals surface area contributed by atoms with Crippen LogP contribution in [0.5, 0.6) is 0 Å². The van der Waals surface area contributed by atoms with Gasteiger partial charge in [0.25, 0.3) is 0 Å². The van der Waals surface area contributed by atoms with Gasteiger partial charge < -0.3 is 9.88 Å². The molecule has 1 saturated heterocycles. The number of aromatic nitrogens is 2. The number of piperidine rings is 1. The summed E-state index contributed by atoms with van der Waals surface area (Å²) in [6.07, 6.45) is 4.38. The highest BCUT2D eigenvalue weighted by molar-refractivity contribution is 5.81. The molecule has 1 atom stereocenters. The van der Waals surface area contributed by atoms with Crippen LogP contribution in [0.2, 0.25) is 0 Å². The maximum atomic E-state index is 12.2. The topological polar surface area (TPSA) is 49.0 Å². The SMILES string of the molecule is O=C(C1CC1)N1CCCC(c2nc3ccccc3[nH]2)C1. The Kier molecular flexibility index (Phi) is 2.76. The number of hydrogen-bond acceptors (Lipinski definition) is 2. The number of fused-ring (bicyclic) bond motifs is 1. The lowest BCUT2D eigenvalue weighted by atomic mass is 9.97. The van der Waals surface area contributed by atoms with E-state index in [4.69, 9.17) is 4.98 Å². The van der Waals surface area contributed by atoms with E-state index in [2.05, 4.69) is 16.0 Å². The standard InChI is InChI=1S/C16H19N3O/c20-16(11-7-8-11)19-9-3-4-12(10-19)15-17-13-5-1-2-6-14(13)18-15/h1-2,5-6,11-12H,3-4,7-10H2,(H,17,18). The number of H-pyrrole nitrogens is 1. The van der Waals surface area contributed by atoms with Crippen LogP contribution < -0.4 is 0 Å². The Hall–Kier alpha value is -1.84. The van der Waals surface area contributed by atoms with Gasteiger partial charge in [-0.05, 0) is 37.8 Å². The van der Waals surface area contributed by atoms with Crippen LogP contribution in [-0.2, 0) is 4.79 Å². The highest BCUT2D eigenvalue weighted by Crippen LogP contribution is 2.34. The molecular formula is C16H19N3O. The van der Waals surface area contributed by atoms with Crippen LogP contribution in [0.3, 0.4) is 0 Å². The van der Waals surface area contributed by atoms with Crippen molar-refractivity contribution in [2.24, 2.45) is 5.92 Å². The van der Waals surface area contributed by atoms with Crippen molar-refractivity contribution >= 4 is 16.9 Å². The van der Waals surface area contributed by atoms with Crippen molar-refractivity contribution in [1.29, 1.82) is 0 Å². The third-order valence-electron chi connectivity index (χ3n) is 4.45. The number of imidazole rings is 1. The van der Waals surface area contributed by atoms with Crippen molar-refractivity contribution in [3.05, 3.63) is 30.1 Å². The van der Waals surface area contributed by atoms with E-state index in [0.29, 0.717) is 17.7 Å². The second kappa shape index (κ2) is 4.62. The molecule has 1 aliphatic heterocycles. The number of rotatable bonds is 2. The molecule has 1 aliphatic carbocycles. The van der Waals surface area contributed by atoms with Crippen LogP contribution in [-0.4, -0.2) is 33.9 Å². The van der Waals surface area contributed by atoms with Crippen molar-refractivity contribution in [3.63, 3.8) is 0 Å². The van der Waals surface area contributed by atoms with E-state index in [1.165, 1.54) is 0 Å². The second-order valence-electron chi connectivity index (χ2n) is 6.04. The predicted molar refractivity (Wildman–Crippen MR) is 77.4 cm³/mol. The number of aromatic amines is 1. The van der Waals surface area contributed by atoms with Gasteiger partial charge in [0.05, 0.1) is 11.0 Å². The summed E-state index contributed by atoms with van der Waals surface area (Å²) in [6, 6.07) is 8.12. The van der Waals surface area contributed by atoms with Gasteiger partial charge in [-0.3, -0.25) is 4.79 Å². The quantitative estimate of drug-likeness (QED) is 0.911. The van der Waals surface area contributed by atoms with E-state index in [0.717, 1.165) is 55.6 Å². The highest BCUT2D eigenvalue weighted by atomic mass is 16.2. The van der Waals surface area contributed by atoms with E-state index in [-0.39, 0.29) is 0 Å². The molecule has 1 aromatic carbocycles. The van der Waals surface area contributed by atoms with Crippen molar-refractivity contribution < 1.29 is 4.79 Å². The molecule has 20 heavy (non-hydrogen) atoms. The van der Waals surface area contributed by atoms with E-state index in [1.807, 2.05) is 18.2 Å². The number of nitrogens with zero attached hydrogens (tertiary/aromatic N) is 2. The first-order chi connectivity index (χ1) is 9.81. The lowest BCUT2D eigenvalue weighted by molar-refractivity contribution is -0.133. The summed E-state index contributed by atoms with van der Waals surface area (Å²) < 4.78 is 0. The molecule has 0 bridgehead atoms. The largest absolute Gasteiger partial charge is 0.342 e. The number of benzene rings is 1. The summed E-state index contributed by atoms with van der Waals surface area (Å²) in [4.78, 5) is 22.4. The summed E-state index contributed by atoms with van der Waals surface area (Å²) in [6.45, 7) is 1.75. The van der Waals surface area contributed by atoms with Crippen molar-refractivity contribution in [3.8, 4) is 0 Å². The molecule has 4 heteroatoms. The van der Waals surface area contributed by atoms with E-state index in [9.17, 15) is 4.79 Å². The zero-order valence-corrected chi connectivity index (χ0v) is 11.5. The second-order valence-corrected chi connectivity index (χ2v) is 6.04. The molecule has 2 heterocycles. The number of nitrogens with one attached hydrogen (secondary N) is 1. The van der Waals surface area contributed by atoms with Crippen LogP contribution in [0.25, 0.3) is 11.0 Å². The summed E-state index contributed by atoms with van der Waals surface area (Å²) in [5.41, 5.74) is 2.11. The molecule has 1 unspecified atom stereocenters. The summed E-state index contributed by atoms with van der Waals surface area (Å²) in [7, 11) is 0. The van der Waals surface area contributed by atoms with Crippen LogP contribution >= 0.6 is 0 Å². The van der Waals surface area contributed by atoms with Gasteiger partial charge in [0.2, 0.25) is 5.91 Å². The van der Waals surface area contributed by atoms with Crippen LogP contribution in [0.15, 0.2) is 24.3 Å². The Morgan fingerprint density at radius 2 is 2.10 bits per heavy atom. The molecule has 1 saturated carbocycles.